The van der Waals surface area contributed by atoms with Gasteiger partial charge in [0.15, 0.2) is 0 Å². The van der Waals surface area contributed by atoms with Crippen LogP contribution in [-0.4, -0.2) is 21.8 Å². The lowest BCUT2D eigenvalue weighted by molar-refractivity contribution is -0.213. The van der Waals surface area contributed by atoms with E-state index in [4.69, 9.17) is 0 Å². The van der Waals surface area contributed by atoms with Crippen LogP contribution >= 0.6 is 0 Å². The summed E-state index contributed by atoms with van der Waals surface area (Å²) in [5.41, 5.74) is 3.78. The second kappa shape index (κ2) is 8.27. The highest BCUT2D eigenvalue weighted by atomic mass is 16.3. The van der Waals surface area contributed by atoms with Crippen molar-refractivity contribution in [2.75, 3.05) is 0 Å². The van der Waals surface area contributed by atoms with E-state index in [1.165, 1.54) is 12.4 Å². The van der Waals surface area contributed by atoms with Crippen LogP contribution in [0.15, 0.2) is 102 Å². The second-order valence-corrected chi connectivity index (χ2v) is 6.31. The maximum absolute atomic E-state index is 12.5. The highest BCUT2D eigenvalue weighted by molar-refractivity contribution is 6.04. The maximum atomic E-state index is 12.5. The van der Waals surface area contributed by atoms with Crippen LogP contribution in [0.1, 0.15) is 16.2 Å². The third-order valence-electron chi connectivity index (χ3n) is 4.38. The number of nitrogens with zero attached hydrogens (tertiary/aromatic N) is 3. The quantitative estimate of drug-likeness (QED) is 0.400. The first kappa shape index (κ1) is 18.3. The summed E-state index contributed by atoms with van der Waals surface area (Å²) in [6.45, 7) is 0. The number of rotatable bonds is 4. The summed E-state index contributed by atoms with van der Waals surface area (Å²) in [7, 11) is 0. The predicted molar refractivity (Wildman–Crippen MR) is 110 cm³/mol. The van der Waals surface area contributed by atoms with Gasteiger partial charge in [-0.25, -0.2) is 4.99 Å². The zero-order valence-electron chi connectivity index (χ0n) is 15.4. The summed E-state index contributed by atoms with van der Waals surface area (Å²) in [5, 5.41) is 12.5. The van der Waals surface area contributed by atoms with Crippen LogP contribution in [0.25, 0.3) is 22.3 Å². The molecule has 0 N–H and O–H groups in total. The molecule has 0 saturated carbocycles. The minimum atomic E-state index is -0.695. The molecule has 0 radical (unpaired) electrons. The fourth-order valence-electron chi connectivity index (χ4n) is 2.92. The Morgan fingerprint density at radius 2 is 1.14 bits per heavy atom. The summed E-state index contributed by atoms with van der Waals surface area (Å²) in [6, 6.07) is 26.1. The molecule has 0 bridgehead atoms. The molecule has 1 amide bonds. The van der Waals surface area contributed by atoms with Gasteiger partial charge in [0.2, 0.25) is 0 Å². The van der Waals surface area contributed by atoms with E-state index in [0.29, 0.717) is 0 Å². The first-order chi connectivity index (χ1) is 14.2. The van der Waals surface area contributed by atoms with E-state index in [-0.39, 0.29) is 11.4 Å². The van der Waals surface area contributed by atoms with Gasteiger partial charge in [0.1, 0.15) is 5.69 Å². The first-order valence-electron chi connectivity index (χ1n) is 9.04. The largest absolute Gasteiger partial charge is 0.857 e. The minimum absolute atomic E-state index is 0.110. The third-order valence-corrected chi connectivity index (χ3v) is 4.38. The SMILES string of the molecule is O=C(N=C([O-])c1cc(-c2ccccc2)ccn1)c1cc(-c2ccccc2)ccn1. The molecular weight excluding hydrogens is 362 g/mol. The number of carbonyl (C=O) groups excluding carboxylic acids is 1. The first-order valence-corrected chi connectivity index (χ1v) is 9.04. The van der Waals surface area contributed by atoms with Gasteiger partial charge in [0.05, 0.1) is 5.69 Å². The normalized spacial score (nSPS) is 11.2. The molecule has 0 aliphatic heterocycles. The highest BCUT2D eigenvalue weighted by Gasteiger charge is 2.09. The van der Waals surface area contributed by atoms with Gasteiger partial charge in [-0.1, -0.05) is 60.7 Å². The summed E-state index contributed by atoms with van der Waals surface area (Å²) < 4.78 is 0. The monoisotopic (exact) mass is 378 g/mol. The Balaban J connectivity index is 1.61. The van der Waals surface area contributed by atoms with Gasteiger partial charge in [-0.15, -0.1) is 0 Å². The molecule has 0 fully saturated rings. The van der Waals surface area contributed by atoms with Crippen LogP contribution in [-0.2, 0) is 0 Å². The second-order valence-electron chi connectivity index (χ2n) is 6.31. The third kappa shape index (κ3) is 4.25. The van der Waals surface area contributed by atoms with Crippen molar-refractivity contribution in [3.8, 4) is 22.3 Å². The number of amides is 1. The van der Waals surface area contributed by atoms with E-state index in [9.17, 15) is 9.90 Å². The van der Waals surface area contributed by atoms with E-state index in [1.54, 1.807) is 24.3 Å². The maximum Gasteiger partial charge on any atom is 0.295 e. The summed E-state index contributed by atoms with van der Waals surface area (Å²) >= 11 is 0. The molecular formula is C24H16N3O2-. The molecule has 0 unspecified atom stereocenters. The molecule has 0 atom stereocenters. The molecule has 2 heterocycles. The fourth-order valence-corrected chi connectivity index (χ4v) is 2.92. The molecule has 140 valence electrons. The summed E-state index contributed by atoms with van der Waals surface area (Å²) in [4.78, 5) is 24.3. The van der Waals surface area contributed by atoms with Crippen LogP contribution in [0.3, 0.4) is 0 Å². The van der Waals surface area contributed by atoms with Crippen LogP contribution in [0.4, 0.5) is 0 Å². The number of hydrogen-bond acceptors (Lipinski definition) is 4. The molecule has 5 heteroatoms. The Morgan fingerprint density at radius 1 is 0.655 bits per heavy atom. The number of hydrogen-bond donors (Lipinski definition) is 0. The van der Waals surface area contributed by atoms with Gasteiger partial charge in [0, 0.05) is 18.3 Å². The number of aromatic nitrogens is 2. The lowest BCUT2D eigenvalue weighted by Crippen LogP contribution is -2.22. The Bertz CT molecular complexity index is 1170. The van der Waals surface area contributed by atoms with Crippen LogP contribution < -0.4 is 5.11 Å². The van der Waals surface area contributed by atoms with Crippen molar-refractivity contribution in [2.24, 2.45) is 4.99 Å². The molecule has 0 saturated heterocycles. The number of benzene rings is 2. The van der Waals surface area contributed by atoms with Gasteiger partial charge >= 0.3 is 0 Å². The standard InChI is InChI=1S/C24H17N3O2/c28-23(21-15-19(11-13-25-21)17-7-3-1-4-8-17)27-24(29)22-16-20(12-14-26-22)18-9-5-2-6-10-18/h1-16H,(H,27,28,29)/p-1. The molecule has 0 aliphatic carbocycles. The molecule has 2 aromatic heterocycles. The summed E-state index contributed by atoms with van der Waals surface area (Å²) in [6.07, 6.45) is 3.06. The number of aliphatic imine (C=N–C) groups is 1. The van der Waals surface area contributed by atoms with E-state index in [0.717, 1.165) is 22.3 Å². The molecule has 0 spiro atoms. The van der Waals surface area contributed by atoms with Crippen LogP contribution in [0.2, 0.25) is 0 Å². The lowest BCUT2D eigenvalue weighted by atomic mass is 10.1. The van der Waals surface area contributed by atoms with E-state index in [2.05, 4.69) is 15.0 Å². The van der Waals surface area contributed by atoms with Crippen molar-refractivity contribution in [3.63, 3.8) is 0 Å². The summed E-state index contributed by atoms with van der Waals surface area (Å²) in [5.74, 6) is -1.39. The van der Waals surface area contributed by atoms with E-state index < -0.39 is 11.8 Å². The van der Waals surface area contributed by atoms with Gasteiger partial charge in [-0.2, -0.15) is 0 Å². The topological polar surface area (TPSA) is 78.3 Å². The zero-order chi connectivity index (χ0) is 20.1. The van der Waals surface area contributed by atoms with Crippen molar-refractivity contribution in [2.45, 2.75) is 0 Å². The van der Waals surface area contributed by atoms with Crippen LogP contribution in [0.5, 0.6) is 0 Å². The molecule has 2 aromatic carbocycles. The lowest BCUT2D eigenvalue weighted by Gasteiger charge is -2.11. The van der Waals surface area contributed by atoms with Gasteiger partial charge in [-0.05, 0) is 46.5 Å². The zero-order valence-corrected chi connectivity index (χ0v) is 15.4. The van der Waals surface area contributed by atoms with Gasteiger partial charge in [-0.3, -0.25) is 14.8 Å². The number of carbonyl (C=O) groups is 1. The smallest absolute Gasteiger partial charge is 0.295 e. The Morgan fingerprint density at radius 3 is 1.69 bits per heavy atom. The Hall–Kier alpha value is -4.12. The Labute approximate surface area is 168 Å². The molecule has 0 aliphatic rings. The van der Waals surface area contributed by atoms with Crippen molar-refractivity contribution in [3.05, 3.63) is 109 Å². The number of pyridine rings is 2. The van der Waals surface area contributed by atoms with Crippen molar-refractivity contribution < 1.29 is 9.90 Å². The van der Waals surface area contributed by atoms with E-state index >= 15 is 0 Å². The fraction of sp³-hybridized carbons (Fsp3) is 0. The van der Waals surface area contributed by atoms with Gasteiger partial charge in [0.25, 0.3) is 5.91 Å². The van der Waals surface area contributed by atoms with E-state index in [1.807, 2.05) is 60.7 Å². The van der Waals surface area contributed by atoms with Gasteiger partial charge < -0.3 is 5.11 Å². The molecule has 4 rings (SSSR count). The predicted octanol–water partition coefficient (Wildman–Crippen LogP) is 3.76. The van der Waals surface area contributed by atoms with Crippen molar-refractivity contribution in [1.82, 2.24) is 9.97 Å². The minimum Gasteiger partial charge on any atom is -0.857 e. The Kier molecular flexibility index (Phi) is 5.21. The molecule has 5 nitrogen and oxygen atoms in total. The highest BCUT2D eigenvalue weighted by Crippen LogP contribution is 2.20. The average molecular weight is 378 g/mol. The molecule has 4 aromatic rings. The average Bonchev–Trinajstić information content (AvgIpc) is 2.80. The van der Waals surface area contributed by atoms with Crippen LogP contribution in [0, 0.1) is 0 Å². The molecule has 29 heavy (non-hydrogen) atoms. The van der Waals surface area contributed by atoms with Crippen molar-refractivity contribution in [1.29, 1.82) is 0 Å². The van der Waals surface area contributed by atoms with Crippen molar-refractivity contribution >= 4 is 11.8 Å².